The highest BCUT2D eigenvalue weighted by Crippen LogP contribution is 2.30. The van der Waals surface area contributed by atoms with Gasteiger partial charge in [-0.2, -0.15) is 22.7 Å². The number of nitrogens with zero attached hydrogens (tertiary/aromatic N) is 5. The zero-order valence-corrected chi connectivity index (χ0v) is 16.5. The molecule has 0 aliphatic heterocycles. The molecule has 0 saturated heterocycles. The molecule has 160 valence electrons. The lowest BCUT2D eigenvalue weighted by atomic mass is 10.2. The molecule has 8 nitrogen and oxygen atoms in total. The minimum atomic E-state index is -4.40. The molecule has 0 unspecified atom stereocenters. The molecule has 0 aliphatic carbocycles. The van der Waals surface area contributed by atoms with E-state index in [1.807, 2.05) is 0 Å². The maximum Gasteiger partial charge on any atom is 0.416 e. The van der Waals surface area contributed by atoms with E-state index in [0.29, 0.717) is 33.8 Å². The van der Waals surface area contributed by atoms with E-state index in [0.717, 1.165) is 12.1 Å². The van der Waals surface area contributed by atoms with E-state index in [1.165, 1.54) is 23.6 Å². The number of imidazole rings is 1. The lowest BCUT2D eigenvalue weighted by molar-refractivity contribution is -0.137. The number of carbonyl (C=O) groups is 1. The van der Waals surface area contributed by atoms with Gasteiger partial charge in [-0.1, -0.05) is 0 Å². The summed E-state index contributed by atoms with van der Waals surface area (Å²) in [6.45, 7) is 1.43. The van der Waals surface area contributed by atoms with Crippen LogP contribution < -0.4 is 5.32 Å². The molecule has 5 aromatic rings. The number of fused-ring (bicyclic) bond motifs is 2. The number of anilines is 2. The SMILES string of the molecule is CC(=O)c1nc2ccc(-c3nccc4nc(Nc5ccc(C(F)(F)F)cc5)nn34)cc2[nH]1. The maximum absolute atomic E-state index is 12.8. The van der Waals surface area contributed by atoms with Gasteiger partial charge >= 0.3 is 6.18 Å². The van der Waals surface area contributed by atoms with Gasteiger partial charge in [0.2, 0.25) is 5.95 Å². The number of nitrogens with one attached hydrogen (secondary N) is 2. The lowest BCUT2D eigenvalue weighted by Gasteiger charge is -2.07. The summed E-state index contributed by atoms with van der Waals surface area (Å²) in [4.78, 5) is 27.6. The Morgan fingerprint density at radius 1 is 1.06 bits per heavy atom. The predicted molar refractivity (Wildman–Crippen MR) is 111 cm³/mol. The second-order valence-electron chi connectivity index (χ2n) is 7.05. The number of hydrogen-bond donors (Lipinski definition) is 2. The van der Waals surface area contributed by atoms with Gasteiger partial charge in [-0.15, -0.1) is 5.10 Å². The molecule has 3 aromatic heterocycles. The molecule has 0 aliphatic rings. The first kappa shape index (κ1) is 19.7. The van der Waals surface area contributed by atoms with Crippen LogP contribution in [-0.2, 0) is 6.18 Å². The second-order valence-corrected chi connectivity index (χ2v) is 7.05. The molecule has 0 spiro atoms. The number of halogens is 3. The fourth-order valence-electron chi connectivity index (χ4n) is 3.25. The van der Waals surface area contributed by atoms with Crippen LogP contribution in [0.3, 0.4) is 0 Å². The van der Waals surface area contributed by atoms with Crippen LogP contribution in [0.1, 0.15) is 23.1 Å². The smallest absolute Gasteiger partial charge is 0.335 e. The number of H-pyrrole nitrogens is 1. The Morgan fingerprint density at radius 3 is 2.56 bits per heavy atom. The number of benzene rings is 2. The van der Waals surface area contributed by atoms with Crippen molar-refractivity contribution in [3.63, 3.8) is 0 Å². The largest absolute Gasteiger partial charge is 0.416 e. The first-order valence-corrected chi connectivity index (χ1v) is 9.45. The van der Waals surface area contributed by atoms with E-state index in [9.17, 15) is 18.0 Å². The molecule has 11 heteroatoms. The van der Waals surface area contributed by atoms with Gasteiger partial charge in [0.1, 0.15) is 0 Å². The Kier molecular flexibility index (Phi) is 4.40. The van der Waals surface area contributed by atoms with E-state index in [1.54, 1.807) is 30.5 Å². The van der Waals surface area contributed by atoms with E-state index in [-0.39, 0.29) is 17.6 Å². The van der Waals surface area contributed by atoms with Crippen molar-refractivity contribution in [2.75, 3.05) is 5.32 Å². The highest BCUT2D eigenvalue weighted by Gasteiger charge is 2.30. The Morgan fingerprint density at radius 2 is 1.84 bits per heavy atom. The van der Waals surface area contributed by atoms with E-state index in [2.05, 4.69) is 30.4 Å². The van der Waals surface area contributed by atoms with Crippen molar-refractivity contribution < 1.29 is 18.0 Å². The molecule has 3 heterocycles. The number of hydrogen-bond acceptors (Lipinski definition) is 6. The summed E-state index contributed by atoms with van der Waals surface area (Å²) in [5, 5.41) is 7.30. The average molecular weight is 437 g/mol. The van der Waals surface area contributed by atoms with Crippen molar-refractivity contribution in [2.45, 2.75) is 13.1 Å². The molecular formula is C21H14F3N7O. The Labute approximate surface area is 178 Å². The first-order valence-electron chi connectivity index (χ1n) is 9.45. The number of Topliss-reactive ketones (excluding diaryl/α,β-unsaturated/α-hetero) is 1. The molecule has 0 amide bonds. The lowest BCUT2D eigenvalue weighted by Crippen LogP contribution is -2.04. The van der Waals surface area contributed by atoms with E-state index < -0.39 is 11.7 Å². The molecule has 2 N–H and O–H groups in total. The van der Waals surface area contributed by atoms with Crippen LogP contribution >= 0.6 is 0 Å². The summed E-state index contributed by atoms with van der Waals surface area (Å²) in [5.41, 5.74) is 2.22. The van der Waals surface area contributed by atoms with Crippen molar-refractivity contribution in [1.82, 2.24) is 29.5 Å². The van der Waals surface area contributed by atoms with Crippen molar-refractivity contribution >= 4 is 34.1 Å². The molecule has 0 bridgehead atoms. The number of rotatable bonds is 4. The summed E-state index contributed by atoms with van der Waals surface area (Å²) in [6, 6.07) is 11.6. The summed E-state index contributed by atoms with van der Waals surface area (Å²) in [5.74, 6) is 0.808. The molecule has 2 aromatic carbocycles. The summed E-state index contributed by atoms with van der Waals surface area (Å²) in [6.07, 6.45) is -2.82. The number of alkyl halides is 3. The third-order valence-electron chi connectivity index (χ3n) is 4.80. The summed E-state index contributed by atoms with van der Waals surface area (Å²) in [7, 11) is 0. The molecule has 0 fully saturated rings. The van der Waals surface area contributed by atoms with Crippen LogP contribution in [0.4, 0.5) is 24.8 Å². The number of carbonyl (C=O) groups excluding carboxylic acids is 1. The molecule has 5 rings (SSSR count). The standard InChI is InChI=1S/C21H14F3N7O/c1-11(32)18-27-15-7-2-12(10-16(15)28-18)19-25-9-8-17-29-20(30-31(17)19)26-14-5-3-13(4-6-14)21(22,23)24/h2-10H,1H3,(H,26,30)(H,27,28). The van der Waals surface area contributed by atoms with Gasteiger partial charge in [0.15, 0.2) is 23.1 Å². The highest BCUT2D eigenvalue weighted by atomic mass is 19.4. The normalized spacial score (nSPS) is 11.9. The molecular weight excluding hydrogens is 423 g/mol. The molecule has 0 saturated carbocycles. The van der Waals surface area contributed by atoms with Gasteiger partial charge in [0.05, 0.1) is 16.6 Å². The minimum Gasteiger partial charge on any atom is -0.335 e. The second kappa shape index (κ2) is 7.15. The van der Waals surface area contributed by atoms with Gasteiger partial charge in [-0.25, -0.2) is 9.97 Å². The van der Waals surface area contributed by atoms with Gasteiger partial charge in [0.25, 0.3) is 0 Å². The molecule has 0 atom stereocenters. The fourth-order valence-corrected chi connectivity index (χ4v) is 3.25. The Hall–Kier alpha value is -4.28. The quantitative estimate of drug-likeness (QED) is 0.398. The van der Waals surface area contributed by atoms with Crippen LogP contribution in [0.25, 0.3) is 28.1 Å². The van der Waals surface area contributed by atoms with E-state index in [4.69, 9.17) is 0 Å². The molecule has 32 heavy (non-hydrogen) atoms. The van der Waals surface area contributed by atoms with Gasteiger partial charge < -0.3 is 10.3 Å². The topological polar surface area (TPSA) is 101 Å². The fraction of sp³-hybridized carbons (Fsp3) is 0.0952. The van der Waals surface area contributed by atoms with Crippen LogP contribution in [0.2, 0.25) is 0 Å². The number of aromatic nitrogens is 6. The summed E-state index contributed by atoms with van der Waals surface area (Å²) < 4.78 is 39.8. The average Bonchev–Trinajstić information content (AvgIpc) is 3.36. The first-order chi connectivity index (χ1) is 15.3. The van der Waals surface area contributed by atoms with Crippen LogP contribution in [-0.4, -0.2) is 35.3 Å². The van der Waals surface area contributed by atoms with Crippen molar-refractivity contribution in [3.8, 4) is 11.4 Å². The van der Waals surface area contributed by atoms with Crippen LogP contribution in [0.15, 0.2) is 54.7 Å². The van der Waals surface area contributed by atoms with E-state index >= 15 is 0 Å². The zero-order valence-electron chi connectivity index (χ0n) is 16.5. The zero-order chi connectivity index (χ0) is 22.5. The number of ketones is 1. The van der Waals surface area contributed by atoms with Gasteiger partial charge in [-0.05, 0) is 42.5 Å². The van der Waals surface area contributed by atoms with Crippen molar-refractivity contribution in [1.29, 1.82) is 0 Å². The Bertz CT molecular complexity index is 1470. The Balaban J connectivity index is 1.49. The monoisotopic (exact) mass is 437 g/mol. The van der Waals surface area contributed by atoms with Crippen LogP contribution in [0, 0.1) is 0 Å². The highest BCUT2D eigenvalue weighted by molar-refractivity contribution is 5.94. The predicted octanol–water partition coefficient (Wildman–Crippen LogP) is 4.63. The van der Waals surface area contributed by atoms with Crippen molar-refractivity contribution in [2.24, 2.45) is 0 Å². The third kappa shape index (κ3) is 3.53. The number of aromatic amines is 1. The van der Waals surface area contributed by atoms with Gasteiger partial charge in [-0.3, -0.25) is 4.79 Å². The van der Waals surface area contributed by atoms with Gasteiger partial charge in [0, 0.05) is 30.4 Å². The molecule has 0 radical (unpaired) electrons. The third-order valence-corrected chi connectivity index (χ3v) is 4.80. The van der Waals surface area contributed by atoms with Crippen molar-refractivity contribution in [3.05, 3.63) is 66.1 Å². The maximum atomic E-state index is 12.8. The summed E-state index contributed by atoms with van der Waals surface area (Å²) >= 11 is 0. The minimum absolute atomic E-state index is 0.168. The van der Waals surface area contributed by atoms with Crippen LogP contribution in [0.5, 0.6) is 0 Å².